The van der Waals surface area contributed by atoms with E-state index in [1.165, 1.54) is 38.6 Å². The monoisotopic (exact) mass is 248 g/mol. The van der Waals surface area contributed by atoms with Crippen LogP contribution in [0.1, 0.15) is 44.7 Å². The van der Waals surface area contributed by atoms with Crippen molar-refractivity contribution in [3.05, 3.63) is 24.0 Å². The van der Waals surface area contributed by atoms with Gasteiger partial charge in [0.1, 0.15) is 0 Å². The summed E-state index contributed by atoms with van der Waals surface area (Å²) in [6, 6.07) is 4.64. The molecule has 0 aromatic carbocycles. The van der Waals surface area contributed by atoms with Crippen molar-refractivity contribution in [3.63, 3.8) is 0 Å². The molecule has 4 heteroatoms. The summed E-state index contributed by atoms with van der Waals surface area (Å²) in [5.74, 6) is 5.44. The van der Waals surface area contributed by atoms with E-state index < -0.39 is 0 Å². The largest absolute Gasteiger partial charge is 0.324 e. The molecule has 0 aliphatic carbocycles. The number of hydrogen-bond donors (Lipinski definition) is 2. The van der Waals surface area contributed by atoms with Gasteiger partial charge in [0.15, 0.2) is 0 Å². The Hall–Kier alpha value is -1.13. The summed E-state index contributed by atoms with van der Waals surface area (Å²) in [6.07, 6.45) is 8.42. The second-order valence-corrected chi connectivity index (χ2v) is 5.06. The Kier molecular flexibility index (Phi) is 4.96. The number of pyridine rings is 1. The summed E-state index contributed by atoms with van der Waals surface area (Å²) in [5, 5.41) is 0. The zero-order valence-electron chi connectivity index (χ0n) is 11.2. The average Bonchev–Trinajstić information content (AvgIpc) is 2.64. The van der Waals surface area contributed by atoms with Crippen molar-refractivity contribution < 1.29 is 0 Å². The highest BCUT2D eigenvalue weighted by atomic mass is 15.2. The molecule has 0 radical (unpaired) electrons. The van der Waals surface area contributed by atoms with Gasteiger partial charge in [-0.05, 0) is 37.9 Å². The summed E-state index contributed by atoms with van der Waals surface area (Å²) in [4.78, 5) is 7.02. The number of anilines is 1. The number of rotatable bonds is 4. The average molecular weight is 248 g/mol. The summed E-state index contributed by atoms with van der Waals surface area (Å²) < 4.78 is 0. The number of nitrogens with one attached hydrogen (secondary N) is 1. The maximum atomic E-state index is 5.44. The van der Waals surface area contributed by atoms with Gasteiger partial charge in [-0.2, -0.15) is 0 Å². The Morgan fingerprint density at radius 2 is 2.33 bits per heavy atom. The third-order valence-corrected chi connectivity index (χ3v) is 3.82. The third kappa shape index (κ3) is 3.43. The molecule has 18 heavy (non-hydrogen) atoms. The maximum absolute atomic E-state index is 5.44. The Morgan fingerprint density at radius 1 is 1.44 bits per heavy atom. The first-order valence-electron chi connectivity index (χ1n) is 6.99. The van der Waals surface area contributed by atoms with Crippen LogP contribution in [-0.4, -0.2) is 22.5 Å². The molecule has 2 heterocycles. The van der Waals surface area contributed by atoms with Gasteiger partial charge in [-0.15, -0.1) is 0 Å². The molecular weight excluding hydrogens is 224 g/mol. The van der Waals surface area contributed by atoms with Gasteiger partial charge in [0.25, 0.3) is 0 Å². The predicted octanol–water partition coefficient (Wildman–Crippen LogP) is 2.52. The fourth-order valence-electron chi connectivity index (χ4n) is 2.77. The van der Waals surface area contributed by atoms with Crippen molar-refractivity contribution in [1.29, 1.82) is 0 Å². The number of nitrogens with two attached hydrogens (primary N) is 1. The van der Waals surface area contributed by atoms with E-state index >= 15 is 0 Å². The molecule has 1 unspecified atom stereocenters. The molecule has 1 atom stereocenters. The first kappa shape index (κ1) is 13.3. The molecule has 1 fully saturated rings. The summed E-state index contributed by atoms with van der Waals surface area (Å²) in [7, 11) is 0. The quantitative estimate of drug-likeness (QED) is 0.635. The van der Waals surface area contributed by atoms with E-state index in [9.17, 15) is 0 Å². The lowest BCUT2D eigenvalue weighted by Crippen LogP contribution is -2.34. The second kappa shape index (κ2) is 6.71. The molecule has 0 spiro atoms. The number of hydrazine groups is 1. The first-order valence-corrected chi connectivity index (χ1v) is 6.99. The molecule has 1 aromatic rings. The number of likely N-dealkylation sites (tertiary alicyclic amines) is 1. The van der Waals surface area contributed by atoms with Crippen LogP contribution in [0.3, 0.4) is 0 Å². The van der Waals surface area contributed by atoms with Crippen molar-refractivity contribution in [2.45, 2.75) is 51.6 Å². The minimum Gasteiger partial charge on any atom is -0.324 e. The van der Waals surface area contributed by atoms with E-state index in [-0.39, 0.29) is 0 Å². The van der Waals surface area contributed by atoms with Crippen molar-refractivity contribution >= 4 is 5.69 Å². The Morgan fingerprint density at radius 3 is 3.11 bits per heavy atom. The highest BCUT2D eigenvalue weighted by Gasteiger charge is 2.19. The van der Waals surface area contributed by atoms with Gasteiger partial charge < -0.3 is 5.43 Å². The summed E-state index contributed by atoms with van der Waals surface area (Å²) in [5.41, 5.74) is 4.72. The third-order valence-electron chi connectivity index (χ3n) is 3.82. The van der Waals surface area contributed by atoms with Crippen LogP contribution in [-0.2, 0) is 6.54 Å². The molecule has 1 aromatic heterocycles. The lowest BCUT2D eigenvalue weighted by Gasteiger charge is -2.28. The molecule has 0 saturated carbocycles. The molecule has 2 rings (SSSR count). The molecule has 4 nitrogen and oxygen atoms in total. The second-order valence-electron chi connectivity index (χ2n) is 5.06. The van der Waals surface area contributed by atoms with Crippen molar-refractivity contribution in [3.8, 4) is 0 Å². The minimum atomic E-state index is 0.712. The number of aromatic nitrogens is 1. The molecule has 1 saturated heterocycles. The van der Waals surface area contributed by atoms with Gasteiger partial charge in [0.2, 0.25) is 0 Å². The van der Waals surface area contributed by atoms with E-state index in [0.717, 1.165) is 17.9 Å². The fraction of sp³-hybridized carbons (Fsp3) is 0.643. The Labute approximate surface area is 110 Å². The minimum absolute atomic E-state index is 0.712. The van der Waals surface area contributed by atoms with Crippen molar-refractivity contribution in [2.24, 2.45) is 5.84 Å². The number of nitrogen functional groups attached to an aromatic ring is 1. The predicted molar refractivity (Wildman–Crippen MR) is 75.0 cm³/mol. The van der Waals surface area contributed by atoms with Crippen molar-refractivity contribution in [2.75, 3.05) is 12.0 Å². The lowest BCUT2D eigenvalue weighted by molar-refractivity contribution is 0.184. The fourth-order valence-corrected chi connectivity index (χ4v) is 2.77. The molecule has 3 N–H and O–H groups in total. The molecule has 100 valence electrons. The van der Waals surface area contributed by atoms with Crippen LogP contribution in [0.5, 0.6) is 0 Å². The summed E-state index contributed by atoms with van der Waals surface area (Å²) in [6.45, 7) is 4.42. The normalized spacial score (nSPS) is 21.6. The van der Waals surface area contributed by atoms with E-state index in [0.29, 0.717) is 6.04 Å². The molecule has 0 bridgehead atoms. The van der Waals surface area contributed by atoms with Gasteiger partial charge >= 0.3 is 0 Å². The molecule has 0 amide bonds. The lowest BCUT2D eigenvalue weighted by atomic mass is 10.1. The van der Waals surface area contributed by atoms with Gasteiger partial charge in [0, 0.05) is 18.8 Å². The topological polar surface area (TPSA) is 54.2 Å². The summed E-state index contributed by atoms with van der Waals surface area (Å²) >= 11 is 0. The van der Waals surface area contributed by atoms with Crippen LogP contribution in [0, 0.1) is 0 Å². The molecule has 1 aliphatic rings. The first-order chi connectivity index (χ1) is 8.83. The van der Waals surface area contributed by atoms with Crippen LogP contribution < -0.4 is 11.3 Å². The van der Waals surface area contributed by atoms with Crippen LogP contribution in [0.25, 0.3) is 0 Å². The van der Waals surface area contributed by atoms with E-state index in [1.807, 2.05) is 18.3 Å². The molecule has 1 aliphatic heterocycles. The highest BCUT2D eigenvalue weighted by molar-refractivity contribution is 5.41. The zero-order chi connectivity index (χ0) is 12.8. The Bertz CT molecular complexity index is 367. The van der Waals surface area contributed by atoms with E-state index in [2.05, 4.69) is 22.2 Å². The SMILES string of the molecule is CCC1CCCCCN1Cc1cc(NN)ccn1. The van der Waals surface area contributed by atoms with Crippen LogP contribution in [0.2, 0.25) is 0 Å². The zero-order valence-corrected chi connectivity index (χ0v) is 11.2. The van der Waals surface area contributed by atoms with E-state index in [1.54, 1.807) is 0 Å². The van der Waals surface area contributed by atoms with Gasteiger partial charge in [-0.1, -0.05) is 19.8 Å². The van der Waals surface area contributed by atoms with E-state index in [4.69, 9.17) is 5.84 Å². The number of nitrogens with zero attached hydrogens (tertiary/aromatic N) is 2. The maximum Gasteiger partial charge on any atom is 0.0565 e. The van der Waals surface area contributed by atoms with Crippen LogP contribution in [0.15, 0.2) is 18.3 Å². The van der Waals surface area contributed by atoms with Crippen LogP contribution in [0.4, 0.5) is 5.69 Å². The highest BCUT2D eigenvalue weighted by Crippen LogP contribution is 2.21. The van der Waals surface area contributed by atoms with Gasteiger partial charge in [-0.25, -0.2) is 0 Å². The molecular formula is C14H24N4. The van der Waals surface area contributed by atoms with Gasteiger partial charge in [0.05, 0.1) is 11.4 Å². The van der Waals surface area contributed by atoms with Crippen LogP contribution >= 0.6 is 0 Å². The smallest absolute Gasteiger partial charge is 0.0565 e. The Balaban J connectivity index is 2.05. The van der Waals surface area contributed by atoms with Gasteiger partial charge in [-0.3, -0.25) is 15.7 Å². The van der Waals surface area contributed by atoms with Crippen molar-refractivity contribution in [1.82, 2.24) is 9.88 Å². The standard InChI is InChI=1S/C14H24N4/c1-2-14-6-4-3-5-9-18(14)11-13-10-12(17-15)7-8-16-13/h7-8,10,14H,2-6,9,11,15H2,1H3,(H,16,17). The number of hydrogen-bond acceptors (Lipinski definition) is 4.